The largest absolute Gasteiger partial charge is 0.363 e. The fourth-order valence-electron chi connectivity index (χ4n) is 3.30. The first kappa shape index (κ1) is 20.3. The second kappa shape index (κ2) is 7.66. The summed E-state index contributed by atoms with van der Waals surface area (Å²) in [7, 11) is 0. The van der Waals surface area contributed by atoms with Crippen LogP contribution in [0.2, 0.25) is 10.0 Å². The Labute approximate surface area is 177 Å². The van der Waals surface area contributed by atoms with Crippen LogP contribution in [0.25, 0.3) is 10.1 Å². The van der Waals surface area contributed by atoms with Crippen LogP contribution >= 0.6 is 34.5 Å². The molecule has 1 fully saturated rings. The van der Waals surface area contributed by atoms with Crippen LogP contribution in [-0.4, -0.2) is 37.0 Å². The van der Waals surface area contributed by atoms with Crippen molar-refractivity contribution < 1.29 is 22.4 Å². The molecule has 1 aliphatic heterocycles. The number of carbonyl (C=O) groups is 1. The highest BCUT2D eigenvalue weighted by Crippen LogP contribution is 2.37. The first-order valence-corrected chi connectivity index (χ1v) is 10.1. The SMILES string of the molecule is O=C(c1sc2ccccc2c1Cl)N1CCN(c2c(F)c(F)c(Cl)c(F)c2F)CC1. The van der Waals surface area contributed by atoms with Gasteiger partial charge in [0.05, 0.1) is 5.02 Å². The zero-order valence-corrected chi connectivity index (χ0v) is 16.9. The summed E-state index contributed by atoms with van der Waals surface area (Å²) in [5.41, 5.74) is -0.823. The molecule has 0 saturated carbocycles. The molecular formula is C19H12Cl2F4N2OS. The molecular weight excluding hydrogens is 451 g/mol. The van der Waals surface area contributed by atoms with Crippen LogP contribution in [-0.2, 0) is 0 Å². The van der Waals surface area contributed by atoms with Gasteiger partial charge in [0.2, 0.25) is 0 Å². The fraction of sp³-hybridized carbons (Fsp3) is 0.211. The van der Waals surface area contributed by atoms with Gasteiger partial charge in [0.1, 0.15) is 15.6 Å². The number of fused-ring (bicyclic) bond motifs is 1. The van der Waals surface area contributed by atoms with Gasteiger partial charge in [0.15, 0.2) is 23.3 Å². The molecule has 1 amide bonds. The average Bonchev–Trinajstić information content (AvgIpc) is 3.08. The summed E-state index contributed by atoms with van der Waals surface area (Å²) in [6, 6.07) is 7.34. The first-order valence-electron chi connectivity index (χ1n) is 8.54. The lowest BCUT2D eigenvalue weighted by molar-refractivity contribution is 0.0751. The Bertz CT molecular complexity index is 1100. The van der Waals surface area contributed by atoms with E-state index in [2.05, 4.69) is 0 Å². The smallest absolute Gasteiger partial charge is 0.265 e. The van der Waals surface area contributed by atoms with Crippen molar-refractivity contribution in [3.8, 4) is 0 Å². The number of nitrogens with zero attached hydrogens (tertiary/aromatic N) is 2. The van der Waals surface area contributed by atoms with Crippen molar-refractivity contribution in [2.75, 3.05) is 31.1 Å². The molecule has 1 aromatic heterocycles. The molecule has 0 aliphatic carbocycles. The summed E-state index contributed by atoms with van der Waals surface area (Å²) in [4.78, 5) is 15.9. The first-order chi connectivity index (χ1) is 13.8. The predicted octanol–water partition coefficient (Wildman–Crippen LogP) is 5.73. The van der Waals surface area contributed by atoms with E-state index in [1.54, 1.807) is 0 Å². The van der Waals surface area contributed by atoms with Gasteiger partial charge < -0.3 is 9.80 Å². The molecule has 3 aromatic rings. The van der Waals surface area contributed by atoms with E-state index >= 15 is 0 Å². The molecule has 3 nitrogen and oxygen atoms in total. The maximum Gasteiger partial charge on any atom is 0.265 e. The summed E-state index contributed by atoms with van der Waals surface area (Å²) in [6.45, 7) is 0.188. The summed E-state index contributed by atoms with van der Waals surface area (Å²) >= 11 is 12.9. The van der Waals surface area contributed by atoms with Crippen molar-refractivity contribution in [1.29, 1.82) is 0 Å². The lowest BCUT2D eigenvalue weighted by Gasteiger charge is -2.36. The maximum atomic E-state index is 14.2. The standard InChI is InChI=1S/C19H12Cl2F4N2OS/c20-11-9-3-1-2-4-10(9)29-18(11)19(28)27-7-5-26(6-8-27)17-15(24)13(22)12(21)14(23)16(17)25/h1-4H,5-8H2. The third-order valence-electron chi connectivity index (χ3n) is 4.80. The van der Waals surface area contributed by atoms with E-state index in [-0.39, 0.29) is 32.1 Å². The van der Waals surface area contributed by atoms with Gasteiger partial charge in [-0.3, -0.25) is 4.79 Å². The number of hydrogen-bond acceptors (Lipinski definition) is 3. The fourth-order valence-corrected chi connectivity index (χ4v) is 4.95. The third kappa shape index (κ3) is 3.33. The van der Waals surface area contributed by atoms with E-state index in [0.29, 0.717) is 9.90 Å². The van der Waals surface area contributed by atoms with Crippen LogP contribution in [0.4, 0.5) is 23.2 Å². The van der Waals surface area contributed by atoms with Crippen LogP contribution in [0, 0.1) is 23.3 Å². The number of amides is 1. The summed E-state index contributed by atoms with van der Waals surface area (Å²) < 4.78 is 56.7. The van der Waals surface area contributed by atoms with Gasteiger partial charge in [-0.15, -0.1) is 11.3 Å². The Kier molecular flexibility index (Phi) is 5.35. The van der Waals surface area contributed by atoms with Crippen molar-refractivity contribution in [1.82, 2.24) is 4.90 Å². The Morgan fingerprint density at radius 1 is 0.862 bits per heavy atom. The molecule has 10 heteroatoms. The van der Waals surface area contributed by atoms with E-state index in [1.165, 1.54) is 16.2 Å². The highest BCUT2D eigenvalue weighted by Gasteiger charge is 2.32. The molecule has 0 radical (unpaired) electrons. The molecule has 1 saturated heterocycles. The van der Waals surface area contributed by atoms with Crippen LogP contribution in [0.5, 0.6) is 0 Å². The summed E-state index contributed by atoms with van der Waals surface area (Å²) in [5, 5.41) is -0.0914. The molecule has 0 atom stereocenters. The zero-order valence-electron chi connectivity index (χ0n) is 14.6. The average molecular weight is 463 g/mol. The Morgan fingerprint density at radius 3 is 2.03 bits per heavy atom. The number of anilines is 1. The Morgan fingerprint density at radius 2 is 1.45 bits per heavy atom. The van der Waals surface area contributed by atoms with Gasteiger partial charge in [-0.05, 0) is 6.07 Å². The van der Waals surface area contributed by atoms with Crippen molar-refractivity contribution in [2.24, 2.45) is 0 Å². The van der Waals surface area contributed by atoms with E-state index in [1.807, 2.05) is 24.3 Å². The van der Waals surface area contributed by atoms with Crippen LogP contribution in [0.15, 0.2) is 24.3 Å². The van der Waals surface area contributed by atoms with Crippen molar-refractivity contribution in [3.63, 3.8) is 0 Å². The molecule has 2 aromatic carbocycles. The molecule has 1 aliphatic rings. The van der Waals surface area contributed by atoms with E-state index in [9.17, 15) is 22.4 Å². The summed E-state index contributed by atoms with van der Waals surface area (Å²) in [6.07, 6.45) is 0. The van der Waals surface area contributed by atoms with Crippen LogP contribution in [0.3, 0.4) is 0 Å². The minimum Gasteiger partial charge on any atom is -0.363 e. The van der Waals surface area contributed by atoms with Crippen molar-refractivity contribution in [2.45, 2.75) is 0 Å². The van der Waals surface area contributed by atoms with E-state index in [0.717, 1.165) is 15.0 Å². The molecule has 2 heterocycles. The molecule has 0 N–H and O–H groups in total. The maximum absolute atomic E-state index is 14.2. The quantitative estimate of drug-likeness (QED) is 0.276. The van der Waals surface area contributed by atoms with E-state index in [4.69, 9.17) is 23.2 Å². The van der Waals surface area contributed by atoms with Crippen LogP contribution in [0.1, 0.15) is 9.67 Å². The monoisotopic (exact) mass is 462 g/mol. The Balaban J connectivity index is 1.56. The van der Waals surface area contributed by atoms with Gasteiger partial charge in [0, 0.05) is 36.3 Å². The van der Waals surface area contributed by atoms with Gasteiger partial charge >= 0.3 is 0 Å². The van der Waals surface area contributed by atoms with Crippen LogP contribution < -0.4 is 4.90 Å². The second-order valence-corrected chi connectivity index (χ2v) is 8.25. The van der Waals surface area contributed by atoms with Gasteiger partial charge in [-0.25, -0.2) is 17.6 Å². The number of rotatable bonds is 2. The van der Waals surface area contributed by atoms with Crippen molar-refractivity contribution >= 4 is 56.2 Å². The number of halogens is 6. The number of thiophene rings is 1. The molecule has 0 bridgehead atoms. The van der Waals surface area contributed by atoms with Gasteiger partial charge in [0.25, 0.3) is 5.91 Å². The lowest BCUT2D eigenvalue weighted by atomic mass is 10.2. The molecule has 0 spiro atoms. The number of hydrogen-bond donors (Lipinski definition) is 0. The molecule has 29 heavy (non-hydrogen) atoms. The molecule has 152 valence electrons. The van der Waals surface area contributed by atoms with E-state index < -0.39 is 34.0 Å². The predicted molar refractivity (Wildman–Crippen MR) is 106 cm³/mol. The van der Waals surface area contributed by atoms with Gasteiger partial charge in [-0.2, -0.15) is 0 Å². The second-order valence-electron chi connectivity index (χ2n) is 6.44. The lowest BCUT2D eigenvalue weighted by Crippen LogP contribution is -2.49. The number of carbonyl (C=O) groups excluding carboxylic acids is 1. The Hall–Kier alpha value is -2.03. The topological polar surface area (TPSA) is 23.6 Å². The number of piperazine rings is 1. The highest BCUT2D eigenvalue weighted by molar-refractivity contribution is 7.21. The normalized spacial score (nSPS) is 14.7. The molecule has 0 unspecified atom stereocenters. The van der Waals surface area contributed by atoms with Gasteiger partial charge in [-0.1, -0.05) is 41.4 Å². The number of benzene rings is 2. The summed E-state index contributed by atoms with van der Waals surface area (Å²) in [5.74, 6) is -6.69. The molecule has 4 rings (SSSR count). The third-order valence-corrected chi connectivity index (χ3v) is 6.79. The minimum atomic E-state index is -1.64. The highest BCUT2D eigenvalue weighted by atomic mass is 35.5. The zero-order chi connectivity index (χ0) is 20.9. The van der Waals surface area contributed by atoms with Crippen molar-refractivity contribution in [3.05, 3.63) is 62.5 Å². The minimum absolute atomic E-state index is 0.0113.